The van der Waals surface area contributed by atoms with Gasteiger partial charge in [0.05, 0.1) is 23.7 Å². The van der Waals surface area contributed by atoms with Crippen LogP contribution in [-0.4, -0.2) is 23.0 Å². The monoisotopic (exact) mass is 308 g/mol. The number of rotatable bonds is 4. The highest BCUT2D eigenvalue weighted by atomic mass is 35.5. The lowest BCUT2D eigenvalue weighted by Gasteiger charge is -2.09. The predicted molar refractivity (Wildman–Crippen MR) is 73.9 cm³/mol. The molecule has 0 fully saturated rings. The molecule has 0 spiro atoms. The van der Waals surface area contributed by atoms with Crippen molar-refractivity contribution in [3.8, 4) is 11.5 Å². The molecule has 0 saturated heterocycles. The molecule has 1 aromatic carbocycles. The lowest BCUT2D eigenvalue weighted by atomic mass is 10.2. The van der Waals surface area contributed by atoms with E-state index in [1.54, 1.807) is 0 Å². The van der Waals surface area contributed by atoms with Crippen LogP contribution in [0.5, 0.6) is 11.5 Å². The molecule has 1 heterocycles. The highest BCUT2D eigenvalue weighted by Crippen LogP contribution is 2.32. The van der Waals surface area contributed by atoms with Crippen LogP contribution in [0.25, 0.3) is 0 Å². The van der Waals surface area contributed by atoms with Crippen LogP contribution in [0, 0.1) is 10.1 Å². The molecule has 0 unspecified atom stereocenters. The van der Waals surface area contributed by atoms with Crippen molar-refractivity contribution in [2.45, 2.75) is 0 Å². The summed E-state index contributed by atoms with van der Waals surface area (Å²) >= 11 is 5.79. The van der Waals surface area contributed by atoms with E-state index in [2.05, 4.69) is 4.98 Å². The fourth-order valence-corrected chi connectivity index (χ4v) is 1.75. The maximum absolute atomic E-state index is 12.0. The second-order valence-corrected chi connectivity index (χ2v) is 4.18. The number of carbonyl (C=O) groups excluding carboxylic acids is 1. The molecule has 8 heteroatoms. The number of nitro benzene ring substituents is 1. The van der Waals surface area contributed by atoms with Crippen LogP contribution in [-0.2, 0) is 0 Å². The van der Waals surface area contributed by atoms with Crippen molar-refractivity contribution in [2.24, 2.45) is 0 Å². The molecule has 0 atom stereocenters. The summed E-state index contributed by atoms with van der Waals surface area (Å²) in [5, 5.41) is 10.7. The number of nitro groups is 1. The van der Waals surface area contributed by atoms with E-state index >= 15 is 0 Å². The van der Waals surface area contributed by atoms with E-state index in [0.717, 1.165) is 6.07 Å². The summed E-state index contributed by atoms with van der Waals surface area (Å²) in [7, 11) is 1.36. The maximum atomic E-state index is 12.0. The first kappa shape index (κ1) is 14.7. The Morgan fingerprint density at radius 3 is 2.71 bits per heavy atom. The Morgan fingerprint density at radius 2 is 2.10 bits per heavy atom. The molecule has 2 rings (SSSR count). The summed E-state index contributed by atoms with van der Waals surface area (Å²) in [6, 6.07) is 6.63. The van der Waals surface area contributed by atoms with Gasteiger partial charge in [-0.1, -0.05) is 11.6 Å². The fraction of sp³-hybridized carbons (Fsp3) is 0.0769. The summed E-state index contributed by atoms with van der Waals surface area (Å²) in [4.78, 5) is 25.9. The number of halogens is 1. The number of hydrogen-bond donors (Lipinski definition) is 0. The van der Waals surface area contributed by atoms with E-state index in [-0.39, 0.29) is 27.9 Å². The van der Waals surface area contributed by atoms with Gasteiger partial charge in [-0.15, -0.1) is 0 Å². The molecule has 0 bridgehead atoms. The van der Waals surface area contributed by atoms with E-state index < -0.39 is 10.9 Å². The highest BCUT2D eigenvalue weighted by Gasteiger charge is 2.18. The van der Waals surface area contributed by atoms with Crippen LogP contribution in [0.1, 0.15) is 10.4 Å². The third-order valence-electron chi connectivity index (χ3n) is 2.54. The molecular weight excluding hydrogens is 300 g/mol. The van der Waals surface area contributed by atoms with Crippen molar-refractivity contribution in [3.05, 3.63) is 57.4 Å². The Kier molecular flexibility index (Phi) is 4.34. The summed E-state index contributed by atoms with van der Waals surface area (Å²) in [6.45, 7) is 0. The summed E-state index contributed by atoms with van der Waals surface area (Å²) in [5.74, 6) is -0.669. The molecule has 0 amide bonds. The predicted octanol–water partition coefficient (Wildman–Crippen LogP) is 2.87. The molecule has 0 radical (unpaired) electrons. The van der Waals surface area contributed by atoms with Crippen LogP contribution in [0.15, 0.2) is 36.5 Å². The van der Waals surface area contributed by atoms with Crippen molar-refractivity contribution in [2.75, 3.05) is 7.11 Å². The van der Waals surface area contributed by atoms with Crippen molar-refractivity contribution < 1.29 is 19.2 Å². The Morgan fingerprint density at radius 1 is 1.33 bits per heavy atom. The second kappa shape index (κ2) is 6.19. The second-order valence-electron chi connectivity index (χ2n) is 3.82. The number of methoxy groups -OCH3 is 1. The average molecular weight is 309 g/mol. The summed E-state index contributed by atoms with van der Waals surface area (Å²) < 4.78 is 10.1. The topological polar surface area (TPSA) is 91.6 Å². The lowest BCUT2D eigenvalue weighted by Crippen LogP contribution is -2.10. The minimum Gasteiger partial charge on any atom is -0.493 e. The van der Waals surface area contributed by atoms with Gasteiger partial charge in [0.2, 0.25) is 0 Å². The quantitative estimate of drug-likeness (QED) is 0.283. The van der Waals surface area contributed by atoms with Crippen molar-refractivity contribution in [3.63, 3.8) is 0 Å². The molecule has 1 aromatic heterocycles. The van der Waals surface area contributed by atoms with Gasteiger partial charge in [0, 0.05) is 12.3 Å². The van der Waals surface area contributed by atoms with E-state index in [1.807, 2.05) is 0 Å². The van der Waals surface area contributed by atoms with Crippen LogP contribution in [0.2, 0.25) is 5.15 Å². The zero-order valence-corrected chi connectivity index (χ0v) is 11.5. The van der Waals surface area contributed by atoms with Crippen LogP contribution in [0.4, 0.5) is 5.69 Å². The maximum Gasteiger partial charge on any atom is 0.346 e. The van der Waals surface area contributed by atoms with Crippen molar-refractivity contribution in [1.82, 2.24) is 4.98 Å². The molecule has 0 aliphatic heterocycles. The number of nitrogens with zero attached hydrogens (tertiary/aromatic N) is 2. The van der Waals surface area contributed by atoms with Gasteiger partial charge >= 0.3 is 5.97 Å². The Labute approximate surface area is 124 Å². The molecule has 7 nitrogen and oxygen atoms in total. The van der Waals surface area contributed by atoms with Crippen molar-refractivity contribution >= 4 is 23.3 Å². The molecule has 21 heavy (non-hydrogen) atoms. The van der Waals surface area contributed by atoms with Gasteiger partial charge in [0.25, 0.3) is 5.69 Å². The van der Waals surface area contributed by atoms with Crippen LogP contribution < -0.4 is 9.47 Å². The Balaban J connectivity index is 2.34. The van der Waals surface area contributed by atoms with E-state index in [0.29, 0.717) is 0 Å². The molecule has 0 N–H and O–H groups in total. The van der Waals surface area contributed by atoms with Crippen LogP contribution >= 0.6 is 11.6 Å². The number of esters is 1. The number of hydrogen-bond acceptors (Lipinski definition) is 6. The Hall–Kier alpha value is -2.67. The summed E-state index contributed by atoms with van der Waals surface area (Å²) in [5.41, 5.74) is -0.177. The molecule has 2 aromatic rings. The Bertz CT molecular complexity index is 705. The van der Waals surface area contributed by atoms with Gasteiger partial charge in [-0.3, -0.25) is 10.1 Å². The number of non-ortho nitro benzene ring substituents is 1. The lowest BCUT2D eigenvalue weighted by molar-refractivity contribution is -0.384. The zero-order chi connectivity index (χ0) is 15.4. The molecular formula is C13H9ClN2O5. The standard InChI is InChI=1S/C13H9ClN2O5/c1-20-10-5-4-8(16(18)19)7-11(10)21-13(17)9-3-2-6-15-12(9)14/h2-7H,1H3. The molecule has 108 valence electrons. The SMILES string of the molecule is COc1ccc([N+](=O)[O-])cc1OC(=O)c1cccnc1Cl. The van der Waals surface area contributed by atoms with Gasteiger partial charge < -0.3 is 9.47 Å². The molecule has 0 saturated carbocycles. The first-order chi connectivity index (χ1) is 10.0. The smallest absolute Gasteiger partial charge is 0.346 e. The van der Waals surface area contributed by atoms with Gasteiger partial charge in [-0.25, -0.2) is 9.78 Å². The molecule has 0 aliphatic carbocycles. The van der Waals surface area contributed by atoms with Crippen LogP contribution in [0.3, 0.4) is 0 Å². The van der Waals surface area contributed by atoms with Gasteiger partial charge in [0.15, 0.2) is 11.5 Å². The highest BCUT2D eigenvalue weighted by molar-refractivity contribution is 6.32. The third kappa shape index (κ3) is 3.26. The fourth-order valence-electron chi connectivity index (χ4n) is 1.55. The van der Waals surface area contributed by atoms with Gasteiger partial charge in [0.1, 0.15) is 5.15 Å². The van der Waals surface area contributed by atoms with Crippen molar-refractivity contribution in [1.29, 1.82) is 0 Å². The van der Waals surface area contributed by atoms with E-state index in [4.69, 9.17) is 21.1 Å². The minimum absolute atomic E-state index is 0.0214. The first-order valence-corrected chi connectivity index (χ1v) is 6.06. The number of carbonyl (C=O) groups is 1. The normalized spacial score (nSPS) is 10.0. The first-order valence-electron chi connectivity index (χ1n) is 5.68. The third-order valence-corrected chi connectivity index (χ3v) is 2.84. The number of benzene rings is 1. The van der Waals surface area contributed by atoms with E-state index in [9.17, 15) is 14.9 Å². The molecule has 0 aliphatic rings. The van der Waals surface area contributed by atoms with Gasteiger partial charge in [-0.05, 0) is 18.2 Å². The number of pyridine rings is 1. The largest absolute Gasteiger partial charge is 0.493 e. The van der Waals surface area contributed by atoms with E-state index in [1.165, 1.54) is 37.6 Å². The number of aromatic nitrogens is 1. The minimum atomic E-state index is -0.785. The van der Waals surface area contributed by atoms with Gasteiger partial charge in [-0.2, -0.15) is 0 Å². The zero-order valence-electron chi connectivity index (χ0n) is 10.8. The number of ether oxygens (including phenoxy) is 2. The average Bonchev–Trinajstić information content (AvgIpc) is 2.47. The summed E-state index contributed by atoms with van der Waals surface area (Å²) in [6.07, 6.45) is 1.42.